The van der Waals surface area contributed by atoms with E-state index in [1.54, 1.807) is 35.2 Å². The molecule has 0 fully saturated rings. The molecule has 1 aromatic heterocycles. The van der Waals surface area contributed by atoms with Gasteiger partial charge in [0, 0.05) is 18.7 Å². The van der Waals surface area contributed by atoms with Crippen molar-refractivity contribution in [2.75, 3.05) is 5.75 Å². The van der Waals surface area contributed by atoms with Gasteiger partial charge in [-0.25, -0.2) is 9.37 Å². The lowest BCUT2D eigenvalue weighted by Gasteiger charge is -2.05. The Morgan fingerprint density at radius 3 is 2.75 bits per heavy atom. The lowest BCUT2D eigenvalue weighted by atomic mass is 10.2. The van der Waals surface area contributed by atoms with E-state index in [-0.39, 0.29) is 11.7 Å². The molecule has 0 aliphatic heterocycles. The van der Waals surface area contributed by atoms with Gasteiger partial charge in [0.2, 0.25) is 5.91 Å². The molecule has 2 aromatic carbocycles. The van der Waals surface area contributed by atoms with Crippen LogP contribution in [0.4, 0.5) is 4.39 Å². The van der Waals surface area contributed by atoms with E-state index < -0.39 is 0 Å². The Bertz CT molecular complexity index is 784. The number of rotatable bonds is 7. The second-order valence-electron chi connectivity index (χ2n) is 5.30. The van der Waals surface area contributed by atoms with Crippen LogP contribution in [-0.2, 0) is 11.3 Å². The van der Waals surface area contributed by atoms with Crippen LogP contribution in [0.2, 0.25) is 0 Å². The first kappa shape index (κ1) is 16.9. The van der Waals surface area contributed by atoms with Crippen molar-refractivity contribution in [2.45, 2.75) is 23.7 Å². The molecule has 0 unspecified atom stereocenters. The highest BCUT2D eigenvalue weighted by atomic mass is 32.2. The Morgan fingerprint density at radius 1 is 1.17 bits per heavy atom. The summed E-state index contributed by atoms with van der Waals surface area (Å²) in [5.74, 6) is 0.616. The van der Waals surface area contributed by atoms with Crippen molar-refractivity contribution in [2.24, 2.45) is 0 Å². The maximum Gasteiger partial charge on any atom is 0.220 e. The fraction of sp³-hybridized carbons (Fsp3) is 0.222. The third kappa shape index (κ3) is 4.79. The number of para-hydroxylation sites is 1. The van der Waals surface area contributed by atoms with Gasteiger partial charge in [-0.2, -0.15) is 0 Å². The van der Waals surface area contributed by atoms with Gasteiger partial charge < -0.3 is 5.32 Å². The molecule has 0 saturated heterocycles. The highest BCUT2D eigenvalue weighted by Crippen LogP contribution is 2.29. The van der Waals surface area contributed by atoms with Gasteiger partial charge in [0.15, 0.2) is 4.34 Å². The minimum Gasteiger partial charge on any atom is -0.352 e. The fourth-order valence-electron chi connectivity index (χ4n) is 2.20. The van der Waals surface area contributed by atoms with Gasteiger partial charge in [-0.1, -0.05) is 36.0 Å². The molecule has 0 aliphatic rings. The molecule has 0 saturated carbocycles. The number of carbonyl (C=O) groups is 1. The number of amides is 1. The number of thioether (sulfide) groups is 1. The third-order valence-corrected chi connectivity index (χ3v) is 5.72. The van der Waals surface area contributed by atoms with E-state index in [9.17, 15) is 9.18 Å². The van der Waals surface area contributed by atoms with Crippen molar-refractivity contribution < 1.29 is 9.18 Å². The number of halogens is 1. The van der Waals surface area contributed by atoms with Crippen LogP contribution in [0, 0.1) is 5.82 Å². The van der Waals surface area contributed by atoms with Crippen LogP contribution < -0.4 is 5.32 Å². The van der Waals surface area contributed by atoms with Crippen LogP contribution in [-0.4, -0.2) is 16.6 Å². The van der Waals surface area contributed by atoms with E-state index in [2.05, 4.69) is 16.4 Å². The van der Waals surface area contributed by atoms with Crippen molar-refractivity contribution in [1.29, 1.82) is 0 Å². The van der Waals surface area contributed by atoms with E-state index in [0.29, 0.717) is 13.0 Å². The summed E-state index contributed by atoms with van der Waals surface area (Å²) in [6.45, 7) is 0.435. The zero-order valence-electron chi connectivity index (χ0n) is 13.0. The molecule has 3 aromatic rings. The lowest BCUT2D eigenvalue weighted by molar-refractivity contribution is -0.121. The van der Waals surface area contributed by atoms with Crippen molar-refractivity contribution in [3.05, 3.63) is 59.9 Å². The molecule has 1 heterocycles. The number of nitrogens with zero attached hydrogens (tertiary/aromatic N) is 1. The van der Waals surface area contributed by atoms with Crippen LogP contribution in [0.15, 0.2) is 52.9 Å². The predicted octanol–water partition coefficient (Wildman–Crippen LogP) is 4.62. The molecule has 124 valence electrons. The Labute approximate surface area is 148 Å². The molecule has 24 heavy (non-hydrogen) atoms. The van der Waals surface area contributed by atoms with Gasteiger partial charge in [0.25, 0.3) is 0 Å². The Hall–Kier alpha value is -1.92. The maximum absolute atomic E-state index is 12.8. The van der Waals surface area contributed by atoms with E-state index >= 15 is 0 Å². The van der Waals surface area contributed by atoms with Crippen LogP contribution in [0.1, 0.15) is 18.4 Å². The number of hydrogen-bond donors (Lipinski definition) is 1. The third-order valence-electron chi connectivity index (χ3n) is 3.45. The molecule has 6 heteroatoms. The second kappa shape index (κ2) is 8.26. The van der Waals surface area contributed by atoms with Gasteiger partial charge in [-0.3, -0.25) is 4.79 Å². The summed E-state index contributed by atoms with van der Waals surface area (Å²) in [5, 5.41) is 2.85. The smallest absolute Gasteiger partial charge is 0.220 e. The number of thiazole rings is 1. The summed E-state index contributed by atoms with van der Waals surface area (Å²) < 4.78 is 15.0. The van der Waals surface area contributed by atoms with Crippen molar-refractivity contribution >= 4 is 39.2 Å². The van der Waals surface area contributed by atoms with Crippen LogP contribution in [0.3, 0.4) is 0 Å². The monoisotopic (exact) mass is 360 g/mol. The number of nitrogens with one attached hydrogen (secondary N) is 1. The number of carbonyl (C=O) groups excluding carboxylic acids is 1. The SMILES string of the molecule is O=C(CCCSc1nc2ccccc2s1)NCc1ccc(F)cc1. The Balaban J connectivity index is 1.36. The van der Waals surface area contributed by atoms with Crippen molar-refractivity contribution in [1.82, 2.24) is 10.3 Å². The molecular formula is C18H17FN2OS2. The highest BCUT2D eigenvalue weighted by Gasteiger charge is 2.05. The lowest BCUT2D eigenvalue weighted by Crippen LogP contribution is -2.22. The van der Waals surface area contributed by atoms with Gasteiger partial charge in [-0.15, -0.1) is 11.3 Å². The zero-order valence-corrected chi connectivity index (χ0v) is 14.6. The minimum atomic E-state index is -0.267. The number of aromatic nitrogens is 1. The number of benzene rings is 2. The second-order valence-corrected chi connectivity index (χ2v) is 7.68. The minimum absolute atomic E-state index is 0.0178. The first-order valence-corrected chi connectivity index (χ1v) is 9.50. The topological polar surface area (TPSA) is 42.0 Å². The van der Waals surface area contributed by atoms with Crippen LogP contribution in [0.5, 0.6) is 0 Å². The summed E-state index contributed by atoms with van der Waals surface area (Å²) in [4.78, 5) is 16.4. The van der Waals surface area contributed by atoms with Gasteiger partial charge in [0.1, 0.15) is 5.82 Å². The molecule has 3 rings (SSSR count). The standard InChI is InChI=1S/C18H17FN2OS2/c19-14-9-7-13(8-10-14)12-20-17(22)6-3-11-23-18-21-15-4-1-2-5-16(15)24-18/h1-2,4-5,7-10H,3,6,11-12H2,(H,20,22). The van der Waals surface area contributed by atoms with E-state index in [4.69, 9.17) is 0 Å². The average Bonchev–Trinajstić information content (AvgIpc) is 3.01. The normalized spacial score (nSPS) is 10.9. The van der Waals surface area contributed by atoms with E-state index in [1.807, 2.05) is 18.2 Å². The summed E-state index contributed by atoms with van der Waals surface area (Å²) >= 11 is 3.38. The highest BCUT2D eigenvalue weighted by molar-refractivity contribution is 8.01. The summed E-state index contributed by atoms with van der Waals surface area (Å²) in [5.41, 5.74) is 1.93. The molecule has 0 bridgehead atoms. The molecular weight excluding hydrogens is 343 g/mol. The van der Waals surface area contributed by atoms with E-state index in [0.717, 1.165) is 27.6 Å². The first-order valence-electron chi connectivity index (χ1n) is 7.70. The first-order chi connectivity index (χ1) is 11.7. The predicted molar refractivity (Wildman–Crippen MR) is 97.8 cm³/mol. The zero-order chi connectivity index (χ0) is 16.8. The molecule has 0 aliphatic carbocycles. The average molecular weight is 360 g/mol. The van der Waals surface area contributed by atoms with Crippen LogP contribution in [0.25, 0.3) is 10.2 Å². The quantitative estimate of drug-likeness (QED) is 0.494. The summed E-state index contributed by atoms with van der Waals surface area (Å²) in [6, 6.07) is 14.2. The van der Waals surface area contributed by atoms with Crippen molar-refractivity contribution in [3.63, 3.8) is 0 Å². The van der Waals surface area contributed by atoms with Crippen molar-refractivity contribution in [3.8, 4) is 0 Å². The van der Waals surface area contributed by atoms with Crippen LogP contribution >= 0.6 is 23.1 Å². The Kier molecular flexibility index (Phi) is 5.82. The van der Waals surface area contributed by atoms with Gasteiger partial charge in [0.05, 0.1) is 10.2 Å². The molecule has 3 nitrogen and oxygen atoms in total. The van der Waals surface area contributed by atoms with Gasteiger partial charge >= 0.3 is 0 Å². The number of hydrogen-bond acceptors (Lipinski definition) is 4. The molecule has 1 N–H and O–H groups in total. The molecule has 0 spiro atoms. The summed E-state index contributed by atoms with van der Waals surface area (Å²) in [7, 11) is 0. The summed E-state index contributed by atoms with van der Waals surface area (Å²) in [6.07, 6.45) is 1.29. The van der Waals surface area contributed by atoms with Gasteiger partial charge in [-0.05, 0) is 36.2 Å². The molecule has 0 atom stereocenters. The van der Waals surface area contributed by atoms with E-state index in [1.165, 1.54) is 16.8 Å². The number of fused-ring (bicyclic) bond motifs is 1. The Morgan fingerprint density at radius 2 is 1.96 bits per heavy atom. The molecule has 1 amide bonds. The fourth-order valence-corrected chi connectivity index (χ4v) is 4.27. The molecule has 0 radical (unpaired) electrons. The maximum atomic E-state index is 12.8. The largest absolute Gasteiger partial charge is 0.352 e.